The Morgan fingerprint density at radius 1 is 1.31 bits per heavy atom. The molecule has 1 saturated carbocycles. The lowest BCUT2D eigenvalue weighted by Gasteiger charge is -2.12. The number of carbonyl (C=O) groups excluding carboxylic acids is 1. The van der Waals surface area contributed by atoms with E-state index in [1.54, 1.807) is 12.1 Å². The van der Waals surface area contributed by atoms with E-state index in [1.165, 1.54) is 25.7 Å². The van der Waals surface area contributed by atoms with Gasteiger partial charge in [-0.1, -0.05) is 24.1 Å². The Labute approximate surface area is 185 Å². The summed E-state index contributed by atoms with van der Waals surface area (Å²) in [6.45, 7) is 5.85. The second-order valence-corrected chi connectivity index (χ2v) is 9.34. The number of hydrogen-bond donors (Lipinski definition) is 2. The van der Waals surface area contributed by atoms with E-state index in [4.69, 9.17) is 22.1 Å². The van der Waals surface area contributed by atoms with Crippen molar-refractivity contribution in [2.75, 3.05) is 31.2 Å². The van der Waals surface area contributed by atoms with Crippen molar-refractivity contribution >= 4 is 29.3 Å². The highest BCUT2D eigenvalue weighted by atomic mass is 35.5. The summed E-state index contributed by atoms with van der Waals surface area (Å²) < 4.78 is 5.76. The molecule has 0 saturated heterocycles. The maximum Gasteiger partial charge on any atom is 0.252 e. The van der Waals surface area contributed by atoms with Crippen LogP contribution in [0, 0.1) is 11.8 Å². The first-order valence-corrected chi connectivity index (χ1v) is 12.3. The Morgan fingerprint density at radius 2 is 2.14 bits per heavy atom. The molecule has 29 heavy (non-hydrogen) atoms. The fourth-order valence-electron chi connectivity index (χ4n) is 3.88. The third kappa shape index (κ3) is 9.02. The Kier molecular flexibility index (Phi) is 11.6. The van der Waals surface area contributed by atoms with Crippen LogP contribution >= 0.6 is 23.4 Å². The van der Waals surface area contributed by atoms with Crippen LogP contribution in [0.4, 0.5) is 0 Å². The molecule has 162 valence electrons. The highest BCUT2D eigenvalue weighted by Gasteiger charge is 2.23. The monoisotopic (exact) mass is 438 g/mol. The molecule has 6 heteroatoms. The van der Waals surface area contributed by atoms with Crippen molar-refractivity contribution < 1.29 is 9.53 Å². The van der Waals surface area contributed by atoms with Gasteiger partial charge in [-0.3, -0.25) is 4.79 Å². The molecule has 1 amide bonds. The van der Waals surface area contributed by atoms with Gasteiger partial charge in [-0.05, 0) is 74.3 Å². The van der Waals surface area contributed by atoms with Gasteiger partial charge < -0.3 is 15.8 Å². The Bertz CT molecular complexity index is 641. The van der Waals surface area contributed by atoms with Crippen molar-refractivity contribution in [3.8, 4) is 5.75 Å². The van der Waals surface area contributed by atoms with Gasteiger partial charge in [0.1, 0.15) is 5.75 Å². The Hall–Kier alpha value is -1.17. The lowest BCUT2D eigenvalue weighted by atomic mass is 9.98. The van der Waals surface area contributed by atoms with Crippen LogP contribution in [-0.2, 0) is 0 Å². The number of allylic oxidation sites excluding steroid dienone is 1. The number of nitrogens with one attached hydrogen (secondary N) is 1. The Morgan fingerprint density at radius 3 is 2.93 bits per heavy atom. The molecule has 2 atom stereocenters. The highest BCUT2D eigenvalue weighted by molar-refractivity contribution is 7.99. The zero-order chi connectivity index (χ0) is 20.9. The summed E-state index contributed by atoms with van der Waals surface area (Å²) in [5.74, 6) is 4.15. The summed E-state index contributed by atoms with van der Waals surface area (Å²) in [7, 11) is 0. The predicted octanol–water partition coefficient (Wildman–Crippen LogP) is 5.30. The molecule has 0 heterocycles. The van der Waals surface area contributed by atoms with Crippen LogP contribution in [0.15, 0.2) is 30.9 Å². The maximum atomic E-state index is 12.5. The zero-order valence-electron chi connectivity index (χ0n) is 17.3. The van der Waals surface area contributed by atoms with Crippen LogP contribution < -0.4 is 15.8 Å². The van der Waals surface area contributed by atoms with E-state index in [2.05, 4.69) is 11.9 Å². The van der Waals surface area contributed by atoms with Crippen molar-refractivity contribution in [1.29, 1.82) is 0 Å². The van der Waals surface area contributed by atoms with Gasteiger partial charge in [0, 0.05) is 18.8 Å². The van der Waals surface area contributed by atoms with Crippen molar-refractivity contribution in [1.82, 2.24) is 5.32 Å². The third-order valence-electron chi connectivity index (χ3n) is 5.37. The molecule has 0 aromatic heterocycles. The smallest absolute Gasteiger partial charge is 0.252 e. The number of ether oxygens (including phenoxy) is 1. The molecular weight excluding hydrogens is 404 g/mol. The number of thioether (sulfide) groups is 1. The first-order valence-electron chi connectivity index (χ1n) is 10.7. The lowest BCUT2D eigenvalue weighted by molar-refractivity contribution is 0.0952. The van der Waals surface area contributed by atoms with Crippen LogP contribution in [0.5, 0.6) is 5.75 Å². The molecule has 1 fully saturated rings. The number of hydrogen-bond acceptors (Lipinski definition) is 4. The van der Waals surface area contributed by atoms with Gasteiger partial charge in [0.15, 0.2) is 0 Å². The maximum absolute atomic E-state index is 12.5. The van der Waals surface area contributed by atoms with Crippen molar-refractivity contribution in [3.05, 3.63) is 41.4 Å². The minimum Gasteiger partial charge on any atom is -0.494 e. The van der Waals surface area contributed by atoms with E-state index in [9.17, 15) is 4.79 Å². The topological polar surface area (TPSA) is 64.3 Å². The largest absolute Gasteiger partial charge is 0.494 e. The number of carbonyl (C=O) groups is 1. The first kappa shape index (κ1) is 24.1. The van der Waals surface area contributed by atoms with E-state index in [-0.39, 0.29) is 5.91 Å². The summed E-state index contributed by atoms with van der Waals surface area (Å²) in [5, 5.41) is 3.46. The van der Waals surface area contributed by atoms with E-state index in [1.807, 2.05) is 23.9 Å². The second kappa shape index (κ2) is 13.9. The summed E-state index contributed by atoms with van der Waals surface area (Å²) in [4.78, 5) is 12.5. The number of amides is 1. The number of halogens is 1. The molecule has 1 aliphatic carbocycles. The standard InChI is InChI=1S/C23H35ClN2O2S/c1-2-5-18-7-8-19(16-18)6-3-12-26-23(27)21-17-20(9-10-22(21)24)28-13-4-14-29-15-11-25/h2,9-10,17-19H,1,3-8,11-16,25H2,(H,26,27). The lowest BCUT2D eigenvalue weighted by Crippen LogP contribution is -2.25. The van der Waals surface area contributed by atoms with E-state index in [0.717, 1.165) is 42.6 Å². The quantitative estimate of drug-likeness (QED) is 0.305. The second-order valence-electron chi connectivity index (χ2n) is 7.71. The fraction of sp³-hybridized carbons (Fsp3) is 0.609. The third-order valence-corrected chi connectivity index (χ3v) is 6.80. The van der Waals surface area contributed by atoms with Crippen LogP contribution in [0.25, 0.3) is 0 Å². The number of nitrogens with two attached hydrogens (primary N) is 1. The molecule has 0 radical (unpaired) electrons. The van der Waals surface area contributed by atoms with Crippen LogP contribution in [0.2, 0.25) is 5.02 Å². The molecule has 2 unspecified atom stereocenters. The summed E-state index contributed by atoms with van der Waals surface area (Å²) in [6, 6.07) is 5.28. The van der Waals surface area contributed by atoms with Gasteiger partial charge in [-0.15, -0.1) is 6.58 Å². The summed E-state index contributed by atoms with van der Waals surface area (Å²) >= 11 is 8.06. The van der Waals surface area contributed by atoms with Crippen molar-refractivity contribution in [2.45, 2.75) is 44.9 Å². The van der Waals surface area contributed by atoms with Crippen LogP contribution in [0.3, 0.4) is 0 Å². The predicted molar refractivity (Wildman–Crippen MR) is 125 cm³/mol. The molecule has 4 nitrogen and oxygen atoms in total. The molecule has 1 aromatic carbocycles. The fourth-order valence-corrected chi connectivity index (χ4v) is 4.78. The average molecular weight is 439 g/mol. The highest BCUT2D eigenvalue weighted by Crippen LogP contribution is 2.35. The molecule has 3 N–H and O–H groups in total. The van der Waals surface area contributed by atoms with Gasteiger partial charge in [-0.2, -0.15) is 11.8 Å². The molecule has 0 spiro atoms. The molecule has 1 aliphatic rings. The zero-order valence-corrected chi connectivity index (χ0v) is 18.9. The van der Waals surface area contributed by atoms with E-state index >= 15 is 0 Å². The number of rotatable bonds is 14. The van der Waals surface area contributed by atoms with Gasteiger partial charge in [-0.25, -0.2) is 0 Å². The van der Waals surface area contributed by atoms with E-state index in [0.29, 0.717) is 36.0 Å². The van der Waals surface area contributed by atoms with E-state index < -0.39 is 0 Å². The average Bonchev–Trinajstić information content (AvgIpc) is 3.16. The molecule has 0 aliphatic heterocycles. The first-order chi connectivity index (χ1) is 14.1. The number of benzene rings is 1. The van der Waals surface area contributed by atoms with Gasteiger partial charge >= 0.3 is 0 Å². The normalized spacial score (nSPS) is 18.6. The minimum absolute atomic E-state index is 0.130. The van der Waals surface area contributed by atoms with Crippen molar-refractivity contribution in [3.63, 3.8) is 0 Å². The van der Waals surface area contributed by atoms with Crippen molar-refractivity contribution in [2.24, 2.45) is 17.6 Å². The summed E-state index contributed by atoms with van der Waals surface area (Å²) in [5.41, 5.74) is 5.96. The van der Waals surface area contributed by atoms with Gasteiger partial charge in [0.25, 0.3) is 5.91 Å². The van der Waals surface area contributed by atoms with Gasteiger partial charge in [0.2, 0.25) is 0 Å². The minimum atomic E-state index is -0.130. The molecule has 1 aromatic rings. The SMILES string of the molecule is C=CCC1CCC(CCCNC(=O)c2cc(OCCCSCCN)ccc2Cl)C1. The molecule has 0 bridgehead atoms. The summed E-state index contributed by atoms with van der Waals surface area (Å²) in [6.07, 6.45) is 10.2. The molecular formula is C23H35ClN2O2S. The molecule has 2 rings (SSSR count). The Balaban J connectivity index is 1.69. The van der Waals surface area contributed by atoms with Crippen LogP contribution in [0.1, 0.15) is 55.3 Å². The van der Waals surface area contributed by atoms with Crippen LogP contribution in [-0.4, -0.2) is 37.1 Å². The van der Waals surface area contributed by atoms with Gasteiger partial charge in [0.05, 0.1) is 17.2 Å².